The van der Waals surface area contributed by atoms with Crippen molar-refractivity contribution in [2.24, 2.45) is 0 Å². The van der Waals surface area contributed by atoms with Crippen LogP contribution < -0.4 is 16.9 Å². The van der Waals surface area contributed by atoms with Crippen LogP contribution in [0.2, 0.25) is 5.02 Å². The van der Waals surface area contributed by atoms with Crippen molar-refractivity contribution in [1.29, 1.82) is 0 Å². The molecule has 34 heavy (non-hydrogen) atoms. The van der Waals surface area contributed by atoms with Gasteiger partial charge in [-0.05, 0) is 54.1 Å². The van der Waals surface area contributed by atoms with E-state index in [4.69, 9.17) is 17.3 Å². The van der Waals surface area contributed by atoms with Gasteiger partial charge in [-0.25, -0.2) is 9.97 Å². The van der Waals surface area contributed by atoms with Crippen LogP contribution in [0.1, 0.15) is 5.69 Å². The summed E-state index contributed by atoms with van der Waals surface area (Å²) in [6.07, 6.45) is -3.62. The molecular formula is C23H13ClF3N5O2. The highest BCUT2D eigenvalue weighted by Gasteiger charge is 2.33. The van der Waals surface area contributed by atoms with Crippen molar-refractivity contribution in [2.45, 2.75) is 6.18 Å². The van der Waals surface area contributed by atoms with Crippen molar-refractivity contribution in [3.63, 3.8) is 0 Å². The van der Waals surface area contributed by atoms with E-state index >= 15 is 0 Å². The van der Waals surface area contributed by atoms with Gasteiger partial charge in [-0.2, -0.15) is 13.2 Å². The molecule has 7 nitrogen and oxygen atoms in total. The molecule has 0 aliphatic rings. The van der Waals surface area contributed by atoms with Gasteiger partial charge in [0.1, 0.15) is 11.3 Å². The molecule has 170 valence electrons. The summed E-state index contributed by atoms with van der Waals surface area (Å²) in [4.78, 5) is 35.7. The quantitative estimate of drug-likeness (QED) is 0.383. The molecule has 0 saturated heterocycles. The molecule has 5 aromatic rings. The van der Waals surface area contributed by atoms with E-state index in [2.05, 4.69) is 15.0 Å². The van der Waals surface area contributed by atoms with Crippen molar-refractivity contribution in [3.8, 4) is 16.8 Å². The molecule has 0 radical (unpaired) electrons. The maximum Gasteiger partial charge on any atom is 0.433 e. The number of nitrogens with two attached hydrogens (primary N) is 1. The minimum absolute atomic E-state index is 0.0322. The Morgan fingerprint density at radius 2 is 1.74 bits per heavy atom. The summed E-state index contributed by atoms with van der Waals surface area (Å²) in [5, 5.41) is 0.544. The standard InChI is InChI=1S/C23H13ClF3N5O2/c24-12-2-4-13(5-3-12)32-21-14(6-8-17(31-21)23(25,26)27)20(28)19(22(32)34)11-1-7-15-16(9-11)29-10-18(33)30-15/h1-10H,28H2,(H,30,33). The number of alkyl halides is 3. The zero-order valence-corrected chi connectivity index (χ0v) is 17.8. The zero-order valence-electron chi connectivity index (χ0n) is 17.0. The number of benzene rings is 2. The molecule has 0 spiro atoms. The van der Waals surface area contributed by atoms with Crippen LogP contribution >= 0.6 is 11.6 Å². The Bertz CT molecular complexity index is 1710. The van der Waals surface area contributed by atoms with Gasteiger partial charge in [0.2, 0.25) is 0 Å². The lowest BCUT2D eigenvalue weighted by atomic mass is 10.0. The molecule has 0 bridgehead atoms. The minimum Gasteiger partial charge on any atom is -0.397 e. The Balaban J connectivity index is 1.88. The first kappa shape index (κ1) is 21.7. The molecule has 0 aliphatic heterocycles. The maximum absolute atomic E-state index is 13.7. The van der Waals surface area contributed by atoms with Crippen LogP contribution in [0.4, 0.5) is 18.9 Å². The van der Waals surface area contributed by atoms with E-state index in [1.807, 2.05) is 0 Å². The molecule has 0 saturated carbocycles. The Hall–Kier alpha value is -4.18. The van der Waals surface area contributed by atoms with Gasteiger partial charge in [0.15, 0.2) is 0 Å². The van der Waals surface area contributed by atoms with Crippen molar-refractivity contribution in [2.75, 3.05) is 5.73 Å². The third kappa shape index (κ3) is 3.57. The van der Waals surface area contributed by atoms with Gasteiger partial charge >= 0.3 is 6.18 Å². The molecule has 5 rings (SSSR count). The number of nitrogen functional groups attached to an aromatic ring is 1. The number of hydrogen-bond acceptors (Lipinski definition) is 5. The van der Waals surface area contributed by atoms with Crippen molar-refractivity contribution < 1.29 is 13.2 Å². The van der Waals surface area contributed by atoms with E-state index in [1.54, 1.807) is 18.2 Å². The number of rotatable bonds is 2. The van der Waals surface area contributed by atoms with Gasteiger partial charge in [0.25, 0.3) is 11.1 Å². The number of anilines is 1. The first-order valence-electron chi connectivity index (χ1n) is 9.81. The second-order valence-corrected chi connectivity index (χ2v) is 7.89. The summed E-state index contributed by atoms with van der Waals surface area (Å²) in [6.45, 7) is 0. The highest BCUT2D eigenvalue weighted by atomic mass is 35.5. The second-order valence-electron chi connectivity index (χ2n) is 7.45. The normalized spacial score (nSPS) is 11.9. The Morgan fingerprint density at radius 1 is 1.00 bits per heavy atom. The first-order chi connectivity index (χ1) is 16.1. The average Bonchev–Trinajstić information content (AvgIpc) is 2.79. The number of fused-ring (bicyclic) bond motifs is 2. The number of hydrogen-bond donors (Lipinski definition) is 2. The molecule has 0 atom stereocenters. The van der Waals surface area contributed by atoms with Crippen LogP contribution in [0.5, 0.6) is 0 Å². The number of halogens is 4. The first-order valence-corrected chi connectivity index (χ1v) is 10.2. The monoisotopic (exact) mass is 483 g/mol. The lowest BCUT2D eigenvalue weighted by Gasteiger charge is -2.17. The predicted octanol–water partition coefficient (Wildman–Crippen LogP) is 4.54. The fourth-order valence-electron chi connectivity index (χ4n) is 3.75. The van der Waals surface area contributed by atoms with Crippen molar-refractivity contribution >= 4 is 39.4 Å². The summed E-state index contributed by atoms with van der Waals surface area (Å²) in [7, 11) is 0. The molecule has 2 aromatic carbocycles. The molecule has 0 unspecified atom stereocenters. The number of pyridine rings is 2. The van der Waals surface area contributed by atoms with E-state index in [-0.39, 0.29) is 33.5 Å². The molecule has 3 heterocycles. The number of nitrogens with zero attached hydrogens (tertiary/aromatic N) is 3. The van der Waals surface area contributed by atoms with Gasteiger partial charge < -0.3 is 10.7 Å². The molecule has 3 aromatic heterocycles. The summed E-state index contributed by atoms with van der Waals surface area (Å²) in [5.74, 6) is 0. The number of nitrogens with one attached hydrogen (secondary N) is 1. The lowest BCUT2D eigenvalue weighted by Crippen LogP contribution is -2.24. The highest BCUT2D eigenvalue weighted by molar-refractivity contribution is 6.30. The molecule has 0 amide bonds. The Labute approximate surface area is 193 Å². The molecule has 3 N–H and O–H groups in total. The number of aromatic nitrogens is 4. The molecule has 0 aliphatic carbocycles. The van der Waals surface area contributed by atoms with Crippen LogP contribution in [0, 0.1) is 0 Å². The van der Waals surface area contributed by atoms with E-state index in [0.717, 1.165) is 16.8 Å². The summed E-state index contributed by atoms with van der Waals surface area (Å²) < 4.78 is 41.2. The SMILES string of the molecule is Nc1c(-c2ccc3[nH]c(=O)cnc3c2)c(=O)n(-c2ccc(Cl)cc2)c2nc(C(F)(F)F)ccc12. The van der Waals surface area contributed by atoms with Gasteiger partial charge in [-0.3, -0.25) is 14.2 Å². The third-order valence-electron chi connectivity index (χ3n) is 5.30. The fourth-order valence-corrected chi connectivity index (χ4v) is 3.87. The van der Waals surface area contributed by atoms with Crippen LogP contribution in [-0.2, 0) is 6.18 Å². The third-order valence-corrected chi connectivity index (χ3v) is 5.56. The topological polar surface area (TPSA) is 107 Å². The zero-order chi connectivity index (χ0) is 24.2. The molecule has 0 fully saturated rings. The predicted molar refractivity (Wildman–Crippen MR) is 123 cm³/mol. The van der Waals surface area contributed by atoms with E-state index < -0.39 is 17.4 Å². The van der Waals surface area contributed by atoms with Gasteiger partial charge in [0.05, 0.1) is 34.2 Å². The second kappa shape index (κ2) is 7.70. The van der Waals surface area contributed by atoms with E-state index in [9.17, 15) is 22.8 Å². The van der Waals surface area contributed by atoms with Gasteiger partial charge in [-0.1, -0.05) is 17.7 Å². The Morgan fingerprint density at radius 3 is 2.44 bits per heavy atom. The maximum atomic E-state index is 13.7. The Kier molecular flexibility index (Phi) is 4.90. The smallest absolute Gasteiger partial charge is 0.397 e. The average molecular weight is 484 g/mol. The minimum atomic E-state index is -4.72. The van der Waals surface area contributed by atoms with Crippen LogP contribution in [0.25, 0.3) is 38.9 Å². The largest absolute Gasteiger partial charge is 0.433 e. The van der Waals surface area contributed by atoms with Crippen LogP contribution in [0.3, 0.4) is 0 Å². The van der Waals surface area contributed by atoms with Crippen molar-refractivity contribution in [3.05, 3.63) is 92.2 Å². The summed E-state index contributed by atoms with van der Waals surface area (Å²) in [5.41, 5.74) is 5.36. The van der Waals surface area contributed by atoms with E-state index in [0.29, 0.717) is 21.6 Å². The van der Waals surface area contributed by atoms with Gasteiger partial charge in [-0.15, -0.1) is 0 Å². The van der Waals surface area contributed by atoms with E-state index in [1.165, 1.54) is 30.3 Å². The van der Waals surface area contributed by atoms with Gasteiger partial charge in [0, 0.05) is 10.4 Å². The fraction of sp³-hybridized carbons (Fsp3) is 0.0435. The van der Waals surface area contributed by atoms with Crippen molar-refractivity contribution in [1.82, 2.24) is 19.5 Å². The lowest BCUT2D eigenvalue weighted by molar-refractivity contribution is -0.141. The molecule has 11 heteroatoms. The van der Waals surface area contributed by atoms with Crippen LogP contribution in [-0.4, -0.2) is 19.5 Å². The summed E-state index contributed by atoms with van der Waals surface area (Å²) in [6, 6.07) is 12.7. The number of aromatic amines is 1. The molecular weight excluding hydrogens is 471 g/mol. The highest BCUT2D eigenvalue weighted by Crippen LogP contribution is 2.34. The number of H-pyrrole nitrogens is 1. The van der Waals surface area contributed by atoms with Crippen LogP contribution in [0.15, 0.2) is 70.4 Å². The summed E-state index contributed by atoms with van der Waals surface area (Å²) >= 11 is 5.96.